The molecule has 0 saturated carbocycles. The number of aromatic nitrogens is 2. The molecule has 8 nitrogen and oxygen atoms in total. The number of nitro groups is 1. The summed E-state index contributed by atoms with van der Waals surface area (Å²) in [6.45, 7) is 4.45. The highest BCUT2D eigenvalue weighted by Gasteiger charge is 2.18. The zero-order valence-corrected chi connectivity index (χ0v) is 16.8. The summed E-state index contributed by atoms with van der Waals surface area (Å²) >= 11 is 3.30. The molecule has 144 valence electrons. The Morgan fingerprint density at radius 1 is 1.25 bits per heavy atom. The zero-order valence-electron chi connectivity index (χ0n) is 15.2. The summed E-state index contributed by atoms with van der Waals surface area (Å²) in [5, 5.41) is 18.1. The van der Waals surface area contributed by atoms with E-state index in [4.69, 9.17) is 4.74 Å². The van der Waals surface area contributed by atoms with Crippen LogP contribution in [0, 0.1) is 17.0 Å². The molecule has 1 amide bonds. The molecule has 9 heteroatoms. The minimum atomic E-state index is -0.542. The van der Waals surface area contributed by atoms with Gasteiger partial charge in [-0.3, -0.25) is 19.6 Å². The first kappa shape index (κ1) is 19.6. The smallest absolute Gasteiger partial charge is 0.277 e. The summed E-state index contributed by atoms with van der Waals surface area (Å²) in [4.78, 5) is 23.3. The fraction of sp³-hybridized carbons (Fsp3) is 0.158. The van der Waals surface area contributed by atoms with Gasteiger partial charge < -0.3 is 10.1 Å². The second-order valence-electron chi connectivity index (χ2n) is 6.02. The molecule has 0 aliphatic heterocycles. The van der Waals surface area contributed by atoms with Gasteiger partial charge in [-0.2, -0.15) is 5.10 Å². The fourth-order valence-electron chi connectivity index (χ4n) is 2.47. The number of anilines is 1. The SMILES string of the molecule is CCn1cc(Br)c(C(=O)Nc2cc(Oc3ccc(C)cc3)cc([N+](=O)[O-])c2)n1. The third-order valence-corrected chi connectivity index (χ3v) is 4.45. The predicted octanol–water partition coefficient (Wildman–Crippen LogP) is 4.93. The second-order valence-corrected chi connectivity index (χ2v) is 6.88. The van der Waals surface area contributed by atoms with Crippen LogP contribution in [0.2, 0.25) is 0 Å². The molecule has 1 aromatic heterocycles. The van der Waals surface area contributed by atoms with Crippen molar-refractivity contribution in [3.05, 3.63) is 74.5 Å². The Balaban J connectivity index is 1.88. The van der Waals surface area contributed by atoms with E-state index in [1.165, 1.54) is 18.2 Å². The van der Waals surface area contributed by atoms with Crippen LogP contribution in [-0.4, -0.2) is 20.6 Å². The van der Waals surface area contributed by atoms with Gasteiger partial charge in [0.15, 0.2) is 5.69 Å². The van der Waals surface area contributed by atoms with E-state index in [-0.39, 0.29) is 22.8 Å². The molecular formula is C19H17BrN4O4. The highest BCUT2D eigenvalue weighted by Crippen LogP contribution is 2.30. The van der Waals surface area contributed by atoms with Crippen LogP contribution in [0.15, 0.2) is 53.1 Å². The van der Waals surface area contributed by atoms with Crippen LogP contribution < -0.4 is 10.1 Å². The van der Waals surface area contributed by atoms with Crippen molar-refractivity contribution < 1.29 is 14.5 Å². The number of hydrogen-bond acceptors (Lipinski definition) is 5. The number of hydrogen-bond donors (Lipinski definition) is 1. The molecule has 0 aliphatic carbocycles. The van der Waals surface area contributed by atoms with Crippen molar-refractivity contribution in [3.63, 3.8) is 0 Å². The molecule has 0 spiro atoms. The predicted molar refractivity (Wildman–Crippen MR) is 108 cm³/mol. The van der Waals surface area contributed by atoms with Gasteiger partial charge in [0.05, 0.1) is 21.1 Å². The first-order valence-corrected chi connectivity index (χ1v) is 9.23. The number of carbonyl (C=O) groups is 1. The zero-order chi connectivity index (χ0) is 20.3. The Morgan fingerprint density at radius 3 is 2.57 bits per heavy atom. The standard InChI is InChI=1S/C19H17BrN4O4/c1-3-23-11-17(20)18(22-23)19(25)21-13-8-14(24(26)27)10-16(9-13)28-15-6-4-12(2)5-7-15/h4-11H,3H2,1-2H3,(H,21,25). The van der Waals surface area contributed by atoms with E-state index in [1.807, 2.05) is 26.0 Å². The molecule has 0 radical (unpaired) electrons. The minimum Gasteiger partial charge on any atom is -0.457 e. The number of carbonyl (C=O) groups excluding carboxylic acids is 1. The first-order valence-electron chi connectivity index (χ1n) is 8.44. The number of nitrogens with zero attached hydrogens (tertiary/aromatic N) is 3. The molecular weight excluding hydrogens is 428 g/mol. The van der Waals surface area contributed by atoms with E-state index >= 15 is 0 Å². The van der Waals surface area contributed by atoms with E-state index < -0.39 is 10.8 Å². The number of nitro benzene ring substituents is 1. The largest absolute Gasteiger partial charge is 0.457 e. The topological polar surface area (TPSA) is 99.3 Å². The maximum absolute atomic E-state index is 12.5. The van der Waals surface area contributed by atoms with Gasteiger partial charge in [-0.15, -0.1) is 0 Å². The van der Waals surface area contributed by atoms with Gasteiger partial charge in [0.2, 0.25) is 0 Å². The van der Waals surface area contributed by atoms with Crippen LogP contribution in [-0.2, 0) is 6.54 Å². The van der Waals surface area contributed by atoms with E-state index in [2.05, 4.69) is 26.3 Å². The van der Waals surface area contributed by atoms with E-state index in [0.29, 0.717) is 16.8 Å². The molecule has 0 aliphatic rings. The van der Waals surface area contributed by atoms with E-state index in [9.17, 15) is 14.9 Å². The summed E-state index contributed by atoms with van der Waals surface area (Å²) < 4.78 is 7.86. The second kappa shape index (κ2) is 8.22. The summed E-state index contributed by atoms with van der Waals surface area (Å²) in [5.74, 6) is 0.292. The molecule has 28 heavy (non-hydrogen) atoms. The Kier molecular flexibility index (Phi) is 5.74. The maximum Gasteiger partial charge on any atom is 0.277 e. The van der Waals surface area contributed by atoms with Crippen LogP contribution in [0.3, 0.4) is 0 Å². The number of aryl methyl sites for hydroxylation is 2. The van der Waals surface area contributed by atoms with Gasteiger partial charge in [0.1, 0.15) is 11.5 Å². The Labute approximate surface area is 169 Å². The van der Waals surface area contributed by atoms with Crippen LogP contribution in [0.5, 0.6) is 11.5 Å². The summed E-state index contributed by atoms with van der Waals surface area (Å²) in [7, 11) is 0. The summed E-state index contributed by atoms with van der Waals surface area (Å²) in [5.41, 5.74) is 1.29. The molecule has 0 unspecified atom stereocenters. The average Bonchev–Trinajstić information content (AvgIpc) is 3.04. The Hall–Kier alpha value is -3.20. The molecule has 3 aromatic rings. The molecule has 0 fully saturated rings. The number of nitrogens with one attached hydrogen (secondary N) is 1. The van der Waals surface area contributed by atoms with Gasteiger partial charge in [-0.25, -0.2) is 0 Å². The van der Waals surface area contributed by atoms with Crippen molar-refractivity contribution in [2.24, 2.45) is 0 Å². The van der Waals surface area contributed by atoms with Crippen LogP contribution in [0.25, 0.3) is 0 Å². The number of benzene rings is 2. The Morgan fingerprint density at radius 2 is 1.96 bits per heavy atom. The molecule has 0 saturated heterocycles. The average molecular weight is 445 g/mol. The van der Waals surface area contributed by atoms with Crippen LogP contribution in [0.1, 0.15) is 23.0 Å². The molecule has 2 aromatic carbocycles. The lowest BCUT2D eigenvalue weighted by Gasteiger charge is -2.09. The van der Waals surface area contributed by atoms with Crippen molar-refractivity contribution in [3.8, 4) is 11.5 Å². The third kappa shape index (κ3) is 4.55. The number of amides is 1. The lowest BCUT2D eigenvalue weighted by Crippen LogP contribution is -2.14. The van der Waals surface area contributed by atoms with Crippen molar-refractivity contribution in [2.75, 3.05) is 5.32 Å². The van der Waals surface area contributed by atoms with Crippen molar-refractivity contribution >= 4 is 33.2 Å². The number of halogens is 1. The fourth-order valence-corrected chi connectivity index (χ4v) is 2.96. The van der Waals surface area contributed by atoms with Gasteiger partial charge in [0, 0.05) is 24.9 Å². The Bertz CT molecular complexity index is 1030. The van der Waals surface area contributed by atoms with Gasteiger partial charge in [-0.1, -0.05) is 17.7 Å². The summed E-state index contributed by atoms with van der Waals surface area (Å²) in [6, 6.07) is 11.4. The normalized spacial score (nSPS) is 10.5. The van der Waals surface area contributed by atoms with Gasteiger partial charge in [-0.05, 0) is 41.9 Å². The monoisotopic (exact) mass is 444 g/mol. The van der Waals surface area contributed by atoms with Crippen molar-refractivity contribution in [1.29, 1.82) is 0 Å². The van der Waals surface area contributed by atoms with E-state index in [1.54, 1.807) is 23.0 Å². The van der Waals surface area contributed by atoms with Crippen molar-refractivity contribution in [1.82, 2.24) is 9.78 Å². The number of rotatable bonds is 6. The highest BCUT2D eigenvalue weighted by molar-refractivity contribution is 9.10. The summed E-state index contributed by atoms with van der Waals surface area (Å²) in [6.07, 6.45) is 1.69. The van der Waals surface area contributed by atoms with Crippen molar-refractivity contribution in [2.45, 2.75) is 20.4 Å². The minimum absolute atomic E-state index is 0.189. The number of non-ortho nitro benzene ring substituents is 1. The van der Waals surface area contributed by atoms with E-state index in [0.717, 1.165) is 5.56 Å². The van der Waals surface area contributed by atoms with Crippen LogP contribution >= 0.6 is 15.9 Å². The lowest BCUT2D eigenvalue weighted by molar-refractivity contribution is -0.384. The van der Waals surface area contributed by atoms with Crippen LogP contribution in [0.4, 0.5) is 11.4 Å². The highest BCUT2D eigenvalue weighted by atomic mass is 79.9. The third-order valence-electron chi connectivity index (χ3n) is 3.87. The molecule has 1 N–H and O–H groups in total. The maximum atomic E-state index is 12.5. The van der Waals surface area contributed by atoms with Gasteiger partial charge in [0.25, 0.3) is 11.6 Å². The quantitative estimate of drug-likeness (QED) is 0.429. The number of ether oxygens (including phenoxy) is 1. The molecule has 3 rings (SSSR count). The molecule has 0 bridgehead atoms. The first-order chi connectivity index (χ1) is 13.4. The molecule has 1 heterocycles. The lowest BCUT2D eigenvalue weighted by atomic mass is 10.2. The molecule has 0 atom stereocenters. The van der Waals surface area contributed by atoms with Gasteiger partial charge >= 0.3 is 0 Å².